The molecule has 0 heterocycles. The van der Waals surface area contributed by atoms with Crippen molar-refractivity contribution in [3.8, 4) is 0 Å². The maximum Gasteiger partial charge on any atom is 0.421 e. The Morgan fingerprint density at radius 1 is 1.21 bits per heavy atom. The maximum absolute atomic E-state index is 11.8. The van der Waals surface area contributed by atoms with E-state index < -0.39 is 16.1 Å². The molecule has 0 aliphatic heterocycles. The Morgan fingerprint density at radius 3 is 2.26 bits per heavy atom. The highest BCUT2D eigenvalue weighted by atomic mass is 32.2. The molecule has 0 aliphatic carbocycles. The van der Waals surface area contributed by atoms with Gasteiger partial charge in [0.1, 0.15) is 0 Å². The van der Waals surface area contributed by atoms with Crippen molar-refractivity contribution >= 4 is 27.7 Å². The van der Waals surface area contributed by atoms with Crippen LogP contribution in [-0.2, 0) is 19.6 Å². The second-order valence-corrected chi connectivity index (χ2v) is 5.21. The number of carbonyl (C=O) groups is 2. The van der Waals surface area contributed by atoms with Crippen LogP contribution in [0.3, 0.4) is 0 Å². The monoisotopic (exact) mass is 286 g/mol. The zero-order chi connectivity index (χ0) is 14.5. The van der Waals surface area contributed by atoms with Crippen molar-refractivity contribution in [2.24, 2.45) is 0 Å². The molecule has 0 fully saturated rings. The number of hydrogen-bond acceptors (Lipinski definition) is 5. The SMILES string of the molecule is CCOC(=O)NS(=O)(=O)c1ccc(NC(C)=O)cc1. The first-order chi connectivity index (χ1) is 8.85. The van der Waals surface area contributed by atoms with Gasteiger partial charge in [-0.3, -0.25) is 4.79 Å². The summed E-state index contributed by atoms with van der Waals surface area (Å²) in [6.07, 6.45) is -1.03. The van der Waals surface area contributed by atoms with Crippen LogP contribution in [0.4, 0.5) is 10.5 Å². The van der Waals surface area contributed by atoms with Crippen molar-refractivity contribution in [1.82, 2.24) is 4.72 Å². The number of hydrogen-bond donors (Lipinski definition) is 2. The Morgan fingerprint density at radius 2 is 1.79 bits per heavy atom. The molecule has 0 spiro atoms. The van der Waals surface area contributed by atoms with Crippen molar-refractivity contribution in [2.75, 3.05) is 11.9 Å². The van der Waals surface area contributed by atoms with E-state index >= 15 is 0 Å². The van der Waals surface area contributed by atoms with Crippen molar-refractivity contribution in [1.29, 1.82) is 0 Å². The molecule has 0 bridgehead atoms. The van der Waals surface area contributed by atoms with Crippen LogP contribution in [0, 0.1) is 0 Å². The van der Waals surface area contributed by atoms with Crippen molar-refractivity contribution in [2.45, 2.75) is 18.7 Å². The zero-order valence-electron chi connectivity index (χ0n) is 10.5. The quantitative estimate of drug-likeness (QED) is 0.862. The van der Waals surface area contributed by atoms with Gasteiger partial charge in [-0.2, -0.15) is 0 Å². The first kappa shape index (κ1) is 15.0. The average Bonchev–Trinajstić information content (AvgIpc) is 2.28. The highest BCUT2D eigenvalue weighted by molar-refractivity contribution is 7.90. The van der Waals surface area contributed by atoms with Crippen molar-refractivity contribution < 1.29 is 22.7 Å². The van der Waals surface area contributed by atoms with Gasteiger partial charge >= 0.3 is 6.09 Å². The number of carbonyl (C=O) groups excluding carboxylic acids is 2. The lowest BCUT2D eigenvalue weighted by Gasteiger charge is -2.07. The summed E-state index contributed by atoms with van der Waals surface area (Å²) in [5, 5.41) is 2.50. The minimum Gasteiger partial charge on any atom is -0.449 e. The summed E-state index contributed by atoms with van der Waals surface area (Å²) in [4.78, 5) is 21.8. The number of benzene rings is 1. The van der Waals surface area contributed by atoms with E-state index in [9.17, 15) is 18.0 Å². The van der Waals surface area contributed by atoms with Crippen LogP contribution in [0.1, 0.15) is 13.8 Å². The van der Waals surface area contributed by atoms with Crippen LogP contribution in [0.5, 0.6) is 0 Å². The van der Waals surface area contributed by atoms with Gasteiger partial charge in [0, 0.05) is 12.6 Å². The summed E-state index contributed by atoms with van der Waals surface area (Å²) >= 11 is 0. The molecule has 1 aromatic rings. The fourth-order valence-corrected chi connectivity index (χ4v) is 2.14. The van der Waals surface area contributed by atoms with Crippen LogP contribution < -0.4 is 10.0 Å². The van der Waals surface area contributed by atoms with E-state index in [1.54, 1.807) is 11.6 Å². The predicted octanol–water partition coefficient (Wildman–Crippen LogP) is 1.08. The van der Waals surface area contributed by atoms with Gasteiger partial charge in [-0.1, -0.05) is 0 Å². The lowest BCUT2D eigenvalue weighted by Crippen LogP contribution is -2.31. The second-order valence-electron chi connectivity index (χ2n) is 3.53. The molecule has 8 heteroatoms. The lowest BCUT2D eigenvalue weighted by molar-refractivity contribution is -0.114. The summed E-state index contributed by atoms with van der Waals surface area (Å²) in [6.45, 7) is 2.98. The smallest absolute Gasteiger partial charge is 0.421 e. The van der Waals surface area contributed by atoms with Crippen LogP contribution in [0.15, 0.2) is 29.2 Å². The van der Waals surface area contributed by atoms with Crippen molar-refractivity contribution in [3.05, 3.63) is 24.3 Å². The first-order valence-corrected chi connectivity index (χ1v) is 6.90. The number of nitrogens with one attached hydrogen (secondary N) is 2. The summed E-state index contributed by atoms with van der Waals surface area (Å²) in [6, 6.07) is 5.38. The van der Waals surface area contributed by atoms with Gasteiger partial charge in [0.05, 0.1) is 11.5 Å². The van der Waals surface area contributed by atoms with Crippen LogP contribution >= 0.6 is 0 Å². The third kappa shape index (κ3) is 4.59. The molecule has 2 amide bonds. The van der Waals surface area contributed by atoms with Gasteiger partial charge in [-0.15, -0.1) is 0 Å². The van der Waals surface area contributed by atoms with E-state index in [1.165, 1.54) is 31.2 Å². The summed E-state index contributed by atoms with van der Waals surface area (Å²) in [5.41, 5.74) is 0.461. The number of ether oxygens (including phenoxy) is 1. The fourth-order valence-electron chi connectivity index (χ4n) is 1.25. The van der Waals surface area contributed by atoms with Gasteiger partial charge < -0.3 is 10.1 Å². The van der Waals surface area contributed by atoms with Crippen LogP contribution in [0.2, 0.25) is 0 Å². The normalized spacial score (nSPS) is 10.6. The van der Waals surface area contributed by atoms with E-state index in [0.717, 1.165) is 0 Å². The van der Waals surface area contributed by atoms with E-state index in [4.69, 9.17) is 0 Å². The number of anilines is 1. The minimum atomic E-state index is -3.96. The zero-order valence-corrected chi connectivity index (χ0v) is 11.3. The summed E-state index contributed by atoms with van der Waals surface area (Å²) < 4.78 is 29.8. The highest BCUT2D eigenvalue weighted by Crippen LogP contribution is 2.13. The molecule has 0 aliphatic rings. The molecule has 2 N–H and O–H groups in total. The minimum absolute atomic E-state index is 0.0722. The molecule has 0 radical (unpaired) electrons. The van der Waals surface area contributed by atoms with Crippen LogP contribution in [0.25, 0.3) is 0 Å². The standard InChI is InChI=1S/C11H14N2O5S/c1-3-18-11(15)13-19(16,17)10-6-4-9(5-7-10)12-8(2)14/h4-7H,3H2,1-2H3,(H,12,14)(H,13,15). The molecule has 1 aromatic carbocycles. The van der Waals surface area contributed by atoms with Crippen molar-refractivity contribution in [3.63, 3.8) is 0 Å². The Labute approximate surface area is 111 Å². The molecule has 19 heavy (non-hydrogen) atoms. The molecule has 104 valence electrons. The Hall–Kier alpha value is -2.09. The van der Waals surface area contributed by atoms with Crippen LogP contribution in [-0.4, -0.2) is 27.0 Å². The number of rotatable bonds is 4. The van der Waals surface area contributed by atoms with E-state index in [2.05, 4.69) is 10.1 Å². The van der Waals surface area contributed by atoms with E-state index in [0.29, 0.717) is 5.69 Å². The molecule has 1 rings (SSSR count). The van der Waals surface area contributed by atoms with Gasteiger partial charge in [0.15, 0.2) is 0 Å². The highest BCUT2D eigenvalue weighted by Gasteiger charge is 2.17. The summed E-state index contributed by atoms with van der Waals surface area (Å²) in [7, 11) is -3.96. The van der Waals surface area contributed by atoms with Gasteiger partial charge in [0.25, 0.3) is 10.0 Å². The molecule has 0 saturated heterocycles. The van der Waals surface area contributed by atoms with Gasteiger partial charge in [0.2, 0.25) is 5.91 Å². The first-order valence-electron chi connectivity index (χ1n) is 5.42. The molecule has 0 aromatic heterocycles. The average molecular weight is 286 g/mol. The largest absolute Gasteiger partial charge is 0.449 e. The lowest BCUT2D eigenvalue weighted by atomic mass is 10.3. The van der Waals surface area contributed by atoms with Gasteiger partial charge in [-0.05, 0) is 31.2 Å². The fraction of sp³-hybridized carbons (Fsp3) is 0.273. The molecular weight excluding hydrogens is 272 g/mol. The molecule has 0 saturated carbocycles. The second kappa shape index (κ2) is 6.19. The molecule has 0 unspecified atom stereocenters. The molecular formula is C11H14N2O5S. The number of sulfonamides is 1. The van der Waals surface area contributed by atoms with E-state index in [-0.39, 0.29) is 17.4 Å². The topological polar surface area (TPSA) is 102 Å². The molecule has 0 atom stereocenters. The Bertz CT molecular complexity index is 565. The van der Waals surface area contributed by atoms with E-state index in [1.807, 2.05) is 0 Å². The third-order valence-corrected chi connectivity index (χ3v) is 3.31. The molecule has 7 nitrogen and oxygen atoms in total. The summed E-state index contributed by atoms with van der Waals surface area (Å²) in [5.74, 6) is -0.264. The third-order valence-electron chi connectivity index (χ3n) is 1.98. The Kier molecular flexibility index (Phi) is 4.87. The number of amides is 2. The Balaban J connectivity index is 2.84. The van der Waals surface area contributed by atoms with Gasteiger partial charge in [-0.25, -0.2) is 17.9 Å². The maximum atomic E-state index is 11.8. The predicted molar refractivity (Wildman–Crippen MR) is 68.1 cm³/mol.